The van der Waals surface area contributed by atoms with E-state index in [2.05, 4.69) is 5.32 Å². The van der Waals surface area contributed by atoms with Crippen molar-refractivity contribution in [3.63, 3.8) is 0 Å². The van der Waals surface area contributed by atoms with Crippen LogP contribution in [0.2, 0.25) is 0 Å². The van der Waals surface area contributed by atoms with Gasteiger partial charge in [-0.1, -0.05) is 12.1 Å². The first kappa shape index (κ1) is 17.8. The summed E-state index contributed by atoms with van der Waals surface area (Å²) in [6, 6.07) is 4.39. The van der Waals surface area contributed by atoms with E-state index in [4.69, 9.17) is 0 Å². The third kappa shape index (κ3) is 3.34. The van der Waals surface area contributed by atoms with Gasteiger partial charge in [-0.25, -0.2) is 8.42 Å². The van der Waals surface area contributed by atoms with Gasteiger partial charge >= 0.3 is 0 Å². The highest BCUT2D eigenvalue weighted by atomic mass is 35.5. The Labute approximate surface area is 129 Å². The molecule has 0 spiro atoms. The highest BCUT2D eigenvalue weighted by Gasteiger charge is 2.37. The maximum absolute atomic E-state index is 12.6. The molecule has 1 aliphatic heterocycles. The first-order chi connectivity index (χ1) is 9.37. The predicted octanol–water partition coefficient (Wildman–Crippen LogP) is 1.31. The fourth-order valence-corrected chi connectivity index (χ4v) is 4.29. The standard InChI is InChI=1S/C12H17N3O4S.ClH/c1-9-4-3-5-11(15(16)17)12(9)20(18,19)14-7-6-10(8-14)13-2;/h3-5,10,13H,6-8H2,1-2H3;1H. The zero-order valence-electron chi connectivity index (χ0n) is 11.8. The van der Waals surface area contributed by atoms with Crippen molar-refractivity contribution >= 4 is 28.1 Å². The molecule has 0 radical (unpaired) electrons. The Kier molecular flexibility index (Phi) is 5.68. The van der Waals surface area contributed by atoms with Crippen LogP contribution in [0.25, 0.3) is 0 Å². The van der Waals surface area contributed by atoms with Gasteiger partial charge in [0.2, 0.25) is 10.0 Å². The molecule has 1 aliphatic rings. The largest absolute Gasteiger partial charge is 0.316 e. The summed E-state index contributed by atoms with van der Waals surface area (Å²) >= 11 is 0. The van der Waals surface area contributed by atoms with Crippen LogP contribution in [-0.2, 0) is 10.0 Å². The van der Waals surface area contributed by atoms with Gasteiger partial charge in [0, 0.05) is 25.2 Å². The number of nitrogens with zero attached hydrogens (tertiary/aromatic N) is 2. The zero-order valence-corrected chi connectivity index (χ0v) is 13.4. The van der Waals surface area contributed by atoms with Crippen molar-refractivity contribution in [2.45, 2.75) is 24.3 Å². The fraction of sp³-hybridized carbons (Fsp3) is 0.500. The van der Waals surface area contributed by atoms with E-state index in [9.17, 15) is 18.5 Å². The maximum Gasteiger partial charge on any atom is 0.289 e. The number of likely N-dealkylation sites (N-methyl/N-ethyl adjacent to an activating group) is 1. The average molecular weight is 336 g/mol. The SMILES string of the molecule is CNC1CCN(S(=O)(=O)c2c(C)cccc2[N+](=O)[O-])C1.Cl. The summed E-state index contributed by atoms with van der Waals surface area (Å²) < 4.78 is 26.6. The van der Waals surface area contributed by atoms with Crippen molar-refractivity contribution in [1.82, 2.24) is 9.62 Å². The molecule has 1 aromatic carbocycles. The fourth-order valence-electron chi connectivity index (χ4n) is 2.43. The molecule has 118 valence electrons. The van der Waals surface area contributed by atoms with Crippen molar-refractivity contribution in [3.8, 4) is 0 Å². The summed E-state index contributed by atoms with van der Waals surface area (Å²) in [6.45, 7) is 2.29. The minimum atomic E-state index is -3.84. The van der Waals surface area contributed by atoms with Gasteiger partial charge in [-0.05, 0) is 26.0 Å². The van der Waals surface area contributed by atoms with Gasteiger partial charge in [-0.2, -0.15) is 4.31 Å². The molecule has 1 heterocycles. The molecule has 0 bridgehead atoms. The second-order valence-corrected chi connectivity index (χ2v) is 6.69. The van der Waals surface area contributed by atoms with E-state index in [0.29, 0.717) is 25.1 Å². The minimum absolute atomic E-state index is 0. The Balaban J connectivity index is 0.00000220. The Morgan fingerprint density at radius 1 is 1.43 bits per heavy atom. The summed E-state index contributed by atoms with van der Waals surface area (Å²) in [5.74, 6) is 0. The van der Waals surface area contributed by atoms with Gasteiger partial charge in [0.1, 0.15) is 0 Å². The molecule has 1 atom stereocenters. The third-order valence-electron chi connectivity index (χ3n) is 3.54. The number of halogens is 1. The monoisotopic (exact) mass is 335 g/mol. The van der Waals surface area contributed by atoms with Crippen molar-refractivity contribution in [3.05, 3.63) is 33.9 Å². The number of benzene rings is 1. The molecule has 0 saturated carbocycles. The zero-order chi connectivity index (χ0) is 14.9. The first-order valence-corrected chi connectivity index (χ1v) is 7.73. The van der Waals surface area contributed by atoms with E-state index in [1.165, 1.54) is 16.4 Å². The van der Waals surface area contributed by atoms with Crippen molar-refractivity contribution < 1.29 is 13.3 Å². The van der Waals surface area contributed by atoms with Gasteiger partial charge in [-0.3, -0.25) is 10.1 Å². The number of hydrogen-bond donors (Lipinski definition) is 1. The molecular formula is C12H18ClN3O4S. The molecule has 1 N–H and O–H groups in total. The number of nitro benzene ring substituents is 1. The summed E-state index contributed by atoms with van der Waals surface area (Å²) in [4.78, 5) is 10.2. The Morgan fingerprint density at radius 3 is 2.62 bits per heavy atom. The first-order valence-electron chi connectivity index (χ1n) is 6.29. The number of rotatable bonds is 4. The average Bonchev–Trinajstić information content (AvgIpc) is 2.87. The molecule has 1 aromatic rings. The second-order valence-electron chi connectivity index (χ2n) is 4.82. The predicted molar refractivity (Wildman–Crippen MR) is 81.3 cm³/mol. The molecule has 0 aromatic heterocycles. The summed E-state index contributed by atoms with van der Waals surface area (Å²) in [5.41, 5.74) is 0.0324. The summed E-state index contributed by atoms with van der Waals surface area (Å²) in [5, 5.41) is 14.1. The maximum atomic E-state index is 12.6. The van der Waals surface area contributed by atoms with Crippen LogP contribution in [0.3, 0.4) is 0 Å². The number of sulfonamides is 1. The lowest BCUT2D eigenvalue weighted by Gasteiger charge is -2.17. The van der Waals surface area contributed by atoms with Crippen LogP contribution in [0.1, 0.15) is 12.0 Å². The smallest absolute Gasteiger partial charge is 0.289 e. The molecule has 7 nitrogen and oxygen atoms in total. The quantitative estimate of drug-likeness (QED) is 0.661. The molecule has 1 fully saturated rings. The van der Waals surface area contributed by atoms with E-state index in [1.54, 1.807) is 20.0 Å². The molecule has 21 heavy (non-hydrogen) atoms. The number of hydrogen-bond acceptors (Lipinski definition) is 5. The number of nitrogens with one attached hydrogen (secondary N) is 1. The van der Waals surface area contributed by atoms with E-state index in [0.717, 1.165) is 0 Å². The highest BCUT2D eigenvalue weighted by molar-refractivity contribution is 7.89. The topological polar surface area (TPSA) is 92.6 Å². The van der Waals surface area contributed by atoms with E-state index in [-0.39, 0.29) is 29.0 Å². The van der Waals surface area contributed by atoms with Crippen molar-refractivity contribution in [2.75, 3.05) is 20.1 Å². The van der Waals surface area contributed by atoms with E-state index in [1.807, 2.05) is 0 Å². The molecule has 1 saturated heterocycles. The Morgan fingerprint density at radius 2 is 2.10 bits per heavy atom. The van der Waals surface area contributed by atoms with Gasteiger partial charge in [-0.15, -0.1) is 12.4 Å². The van der Waals surface area contributed by atoms with Crippen molar-refractivity contribution in [2.24, 2.45) is 0 Å². The highest BCUT2D eigenvalue weighted by Crippen LogP contribution is 2.31. The minimum Gasteiger partial charge on any atom is -0.316 e. The molecule has 9 heteroatoms. The lowest BCUT2D eigenvalue weighted by molar-refractivity contribution is -0.387. The summed E-state index contributed by atoms with van der Waals surface area (Å²) in [7, 11) is -2.06. The lowest BCUT2D eigenvalue weighted by atomic mass is 10.2. The van der Waals surface area contributed by atoms with Crippen LogP contribution in [0, 0.1) is 17.0 Å². The molecule has 0 amide bonds. The van der Waals surface area contributed by atoms with Crippen LogP contribution in [-0.4, -0.2) is 43.8 Å². The Bertz CT molecular complexity index is 635. The third-order valence-corrected chi connectivity index (χ3v) is 5.60. The molecule has 1 unspecified atom stereocenters. The molecular weight excluding hydrogens is 318 g/mol. The Hall–Kier alpha value is -1.22. The van der Waals surface area contributed by atoms with Gasteiger partial charge < -0.3 is 5.32 Å². The van der Waals surface area contributed by atoms with Crippen LogP contribution < -0.4 is 5.32 Å². The van der Waals surface area contributed by atoms with Gasteiger partial charge in [0.05, 0.1) is 4.92 Å². The lowest BCUT2D eigenvalue weighted by Crippen LogP contribution is -2.34. The summed E-state index contributed by atoms with van der Waals surface area (Å²) in [6.07, 6.45) is 0.704. The van der Waals surface area contributed by atoms with Crippen molar-refractivity contribution in [1.29, 1.82) is 0 Å². The van der Waals surface area contributed by atoms with Gasteiger partial charge in [0.15, 0.2) is 4.90 Å². The second kappa shape index (κ2) is 6.69. The normalized spacial score (nSPS) is 19.2. The van der Waals surface area contributed by atoms with Crippen LogP contribution in [0.4, 0.5) is 5.69 Å². The molecule has 2 rings (SSSR count). The molecule has 0 aliphatic carbocycles. The van der Waals surface area contributed by atoms with E-state index < -0.39 is 14.9 Å². The van der Waals surface area contributed by atoms with Crippen LogP contribution >= 0.6 is 12.4 Å². The van der Waals surface area contributed by atoms with E-state index >= 15 is 0 Å². The van der Waals surface area contributed by atoms with Crippen LogP contribution in [0.15, 0.2) is 23.1 Å². The van der Waals surface area contributed by atoms with Gasteiger partial charge in [0.25, 0.3) is 5.69 Å². The number of aryl methyl sites for hydroxylation is 1. The van der Waals surface area contributed by atoms with Crippen LogP contribution in [0.5, 0.6) is 0 Å². The number of nitro groups is 1.